The fraction of sp³-hybridized carbons (Fsp3) is 0. The van der Waals surface area contributed by atoms with Gasteiger partial charge in [0.15, 0.2) is 0 Å². The summed E-state index contributed by atoms with van der Waals surface area (Å²) < 4.78 is 0. The van der Waals surface area contributed by atoms with E-state index in [1.165, 1.54) is 0 Å². The maximum absolute atomic E-state index is 10.00. The fourth-order valence-corrected chi connectivity index (χ4v) is 0.931. The molecule has 0 aliphatic carbocycles. The predicted molar refractivity (Wildman–Crippen MR) is 34.2 cm³/mol. The first-order valence-corrected chi connectivity index (χ1v) is 3.06. The number of hydrogen-bond acceptors (Lipinski definition) is 6. The van der Waals surface area contributed by atoms with Gasteiger partial charge >= 0.3 is 5.00 Å². The number of nitrogens with one attached hydrogen (secondary N) is 1. The molecule has 1 heterocycles. The van der Waals surface area contributed by atoms with E-state index < -0.39 is 4.92 Å². The third-order valence-electron chi connectivity index (χ3n) is 0.769. The van der Waals surface area contributed by atoms with Crippen LogP contribution >= 0.6 is 11.3 Å². The van der Waals surface area contributed by atoms with Crippen molar-refractivity contribution in [3.63, 3.8) is 0 Å². The van der Waals surface area contributed by atoms with Crippen molar-refractivity contribution in [1.29, 1.82) is 0 Å². The highest BCUT2D eigenvalue weighted by molar-refractivity contribution is 7.18. The summed E-state index contributed by atoms with van der Waals surface area (Å²) in [6.07, 6.45) is 1.07. The minimum Gasteiger partial charge on any atom is -0.289 e. The molecule has 0 saturated heterocycles. The van der Waals surface area contributed by atoms with Gasteiger partial charge < -0.3 is 0 Å². The molecule has 0 bridgehead atoms. The number of hydrogen-bond donors (Lipinski definition) is 2. The number of aromatic nitrogens is 1. The van der Waals surface area contributed by atoms with Gasteiger partial charge in [-0.05, 0) is 11.3 Å². The molecule has 0 aliphatic rings. The minimum absolute atomic E-state index is 0.100. The van der Waals surface area contributed by atoms with Crippen LogP contribution in [0.1, 0.15) is 0 Å². The molecule has 7 heteroatoms. The van der Waals surface area contributed by atoms with Gasteiger partial charge in [0.1, 0.15) is 6.20 Å². The third kappa shape index (κ3) is 1.20. The van der Waals surface area contributed by atoms with Gasteiger partial charge in [-0.3, -0.25) is 15.3 Å². The van der Waals surface area contributed by atoms with Crippen molar-refractivity contribution in [3.05, 3.63) is 16.3 Å². The van der Waals surface area contributed by atoms with E-state index in [9.17, 15) is 10.1 Å². The number of rotatable bonds is 2. The Bertz CT molecular complexity index is 247. The summed E-state index contributed by atoms with van der Waals surface area (Å²) in [6, 6.07) is 0. The Hall–Kier alpha value is -1.21. The second-order valence-electron chi connectivity index (χ2n) is 1.37. The molecule has 0 aromatic carbocycles. The van der Waals surface area contributed by atoms with Crippen molar-refractivity contribution in [1.82, 2.24) is 4.98 Å². The van der Waals surface area contributed by atoms with Crippen LogP contribution in [0, 0.1) is 10.1 Å². The standard InChI is InChI=1S/C3H3N3O3S/c7-5-3-4-1-2(10-3)6(8)9/h1,7H,(H,4,5). The Morgan fingerprint density at radius 1 is 1.90 bits per heavy atom. The normalized spacial score (nSPS) is 9.30. The molecule has 0 radical (unpaired) electrons. The van der Waals surface area contributed by atoms with E-state index in [0.29, 0.717) is 0 Å². The average Bonchev–Trinajstić information content (AvgIpc) is 2.34. The molecule has 0 aliphatic heterocycles. The van der Waals surface area contributed by atoms with Gasteiger partial charge in [0.25, 0.3) is 0 Å². The lowest BCUT2D eigenvalue weighted by Gasteiger charge is -1.83. The molecule has 1 aromatic heterocycles. The van der Waals surface area contributed by atoms with Crippen molar-refractivity contribution in [2.24, 2.45) is 0 Å². The van der Waals surface area contributed by atoms with E-state index in [1.54, 1.807) is 5.48 Å². The Labute approximate surface area is 59.2 Å². The van der Waals surface area contributed by atoms with Crippen LogP contribution in [0.15, 0.2) is 6.20 Å². The smallest absolute Gasteiger partial charge is 0.289 e. The number of nitro groups is 1. The molecule has 6 nitrogen and oxygen atoms in total. The highest BCUT2D eigenvalue weighted by Crippen LogP contribution is 2.23. The quantitative estimate of drug-likeness (QED) is 0.495. The van der Waals surface area contributed by atoms with Crippen LogP contribution in [0.4, 0.5) is 10.1 Å². The lowest BCUT2D eigenvalue weighted by Crippen LogP contribution is -1.84. The molecule has 1 aromatic rings. The molecule has 0 unspecified atom stereocenters. The Morgan fingerprint density at radius 3 is 2.90 bits per heavy atom. The van der Waals surface area contributed by atoms with E-state index in [1.807, 2.05) is 0 Å². The molecule has 2 N–H and O–H groups in total. The van der Waals surface area contributed by atoms with Gasteiger partial charge in [0, 0.05) is 0 Å². The van der Waals surface area contributed by atoms with Crippen molar-refractivity contribution in [2.45, 2.75) is 0 Å². The topological polar surface area (TPSA) is 88.3 Å². The molecular formula is C3H3N3O3S. The van der Waals surface area contributed by atoms with Crippen molar-refractivity contribution < 1.29 is 10.1 Å². The van der Waals surface area contributed by atoms with Gasteiger partial charge in [-0.1, -0.05) is 0 Å². The van der Waals surface area contributed by atoms with Crippen molar-refractivity contribution in [3.8, 4) is 0 Å². The zero-order valence-corrected chi connectivity index (χ0v) is 5.46. The lowest BCUT2D eigenvalue weighted by atomic mass is 10.9. The SMILES string of the molecule is O=[N+]([O-])c1cnc(NO)s1. The molecule has 0 saturated carbocycles. The van der Waals surface area contributed by atoms with E-state index >= 15 is 0 Å². The first-order valence-electron chi connectivity index (χ1n) is 2.24. The first-order chi connectivity index (χ1) is 4.74. The number of thiazole rings is 1. The maximum Gasteiger partial charge on any atom is 0.345 e. The highest BCUT2D eigenvalue weighted by atomic mass is 32.1. The van der Waals surface area contributed by atoms with Gasteiger partial charge in [-0.15, -0.1) is 0 Å². The summed E-state index contributed by atoms with van der Waals surface area (Å²) in [7, 11) is 0. The second-order valence-corrected chi connectivity index (χ2v) is 2.38. The maximum atomic E-state index is 10.00. The zero-order chi connectivity index (χ0) is 7.56. The Morgan fingerprint density at radius 2 is 2.60 bits per heavy atom. The first kappa shape index (κ1) is 6.90. The van der Waals surface area contributed by atoms with Gasteiger partial charge in [0.2, 0.25) is 5.13 Å². The summed E-state index contributed by atoms with van der Waals surface area (Å²) in [4.78, 5) is 12.9. The van der Waals surface area contributed by atoms with Crippen LogP contribution in [0.5, 0.6) is 0 Å². The largest absolute Gasteiger partial charge is 0.345 e. The van der Waals surface area contributed by atoms with Crippen LogP contribution in [0.2, 0.25) is 0 Å². The highest BCUT2D eigenvalue weighted by Gasteiger charge is 2.09. The molecule has 10 heavy (non-hydrogen) atoms. The van der Waals surface area contributed by atoms with Crippen molar-refractivity contribution >= 4 is 21.5 Å². The molecule has 0 amide bonds. The van der Waals surface area contributed by atoms with E-state index in [-0.39, 0.29) is 10.1 Å². The third-order valence-corrected chi connectivity index (χ3v) is 1.62. The average molecular weight is 161 g/mol. The summed E-state index contributed by atoms with van der Waals surface area (Å²) in [5.41, 5.74) is 1.71. The molecule has 1 rings (SSSR count). The van der Waals surface area contributed by atoms with E-state index in [4.69, 9.17) is 5.21 Å². The van der Waals surface area contributed by atoms with Crippen LogP contribution < -0.4 is 5.48 Å². The summed E-state index contributed by atoms with van der Waals surface area (Å²) in [6.45, 7) is 0. The Kier molecular flexibility index (Phi) is 1.78. The van der Waals surface area contributed by atoms with Crippen LogP contribution in [0.3, 0.4) is 0 Å². The van der Waals surface area contributed by atoms with Gasteiger partial charge in [0.05, 0.1) is 4.92 Å². The molecule has 0 atom stereocenters. The van der Waals surface area contributed by atoms with Crippen LogP contribution in [-0.2, 0) is 0 Å². The second kappa shape index (κ2) is 2.58. The monoisotopic (exact) mass is 161 g/mol. The van der Waals surface area contributed by atoms with E-state index in [0.717, 1.165) is 17.5 Å². The fourth-order valence-electron chi connectivity index (χ4n) is 0.402. The number of nitrogens with zero attached hydrogens (tertiary/aromatic N) is 2. The van der Waals surface area contributed by atoms with Crippen LogP contribution in [0.25, 0.3) is 0 Å². The predicted octanol–water partition coefficient (Wildman–Crippen LogP) is 0.852. The van der Waals surface area contributed by atoms with Gasteiger partial charge in [-0.25, -0.2) is 10.5 Å². The summed E-state index contributed by atoms with van der Waals surface area (Å²) in [5.74, 6) is 0. The number of anilines is 1. The van der Waals surface area contributed by atoms with Gasteiger partial charge in [-0.2, -0.15) is 0 Å². The molecule has 0 spiro atoms. The minimum atomic E-state index is -0.571. The Balaban J connectivity index is 2.88. The summed E-state index contributed by atoms with van der Waals surface area (Å²) >= 11 is 0.770. The summed E-state index contributed by atoms with van der Waals surface area (Å²) in [5, 5.41) is 18.2. The lowest BCUT2D eigenvalue weighted by molar-refractivity contribution is -0.380. The van der Waals surface area contributed by atoms with E-state index in [2.05, 4.69) is 4.98 Å². The molecule has 54 valence electrons. The molecule has 0 fully saturated rings. The van der Waals surface area contributed by atoms with Crippen molar-refractivity contribution in [2.75, 3.05) is 5.48 Å². The molecular weight excluding hydrogens is 158 g/mol. The van der Waals surface area contributed by atoms with Crippen LogP contribution in [-0.4, -0.2) is 15.1 Å². The zero-order valence-electron chi connectivity index (χ0n) is 4.64.